The summed E-state index contributed by atoms with van der Waals surface area (Å²) in [7, 11) is 3.26. The Morgan fingerprint density at radius 2 is 2.04 bits per heavy atom. The predicted molar refractivity (Wildman–Crippen MR) is 90.9 cm³/mol. The highest BCUT2D eigenvalue weighted by molar-refractivity contribution is 5.84. The maximum atomic E-state index is 10.9. The van der Waals surface area contributed by atoms with Gasteiger partial charge in [0.1, 0.15) is 0 Å². The van der Waals surface area contributed by atoms with Crippen LogP contribution in [-0.2, 0) is 6.54 Å². The Morgan fingerprint density at radius 1 is 1.24 bits per heavy atom. The van der Waals surface area contributed by atoms with Crippen LogP contribution < -0.4 is 9.47 Å². The number of ether oxygens (including phenoxy) is 2. The number of carboxylic acids is 1. The Balaban J connectivity index is 1.77. The molecule has 1 aromatic carbocycles. The van der Waals surface area contributed by atoms with Gasteiger partial charge in [0.2, 0.25) is 0 Å². The van der Waals surface area contributed by atoms with Crippen molar-refractivity contribution in [2.75, 3.05) is 20.8 Å². The molecule has 1 N–H and O–H groups in total. The summed E-state index contributed by atoms with van der Waals surface area (Å²) < 4.78 is 10.7. The van der Waals surface area contributed by atoms with Crippen molar-refractivity contribution in [1.82, 2.24) is 14.9 Å². The predicted octanol–water partition coefficient (Wildman–Crippen LogP) is 2.53. The first-order chi connectivity index (χ1) is 12.1. The Morgan fingerprint density at radius 3 is 2.68 bits per heavy atom. The Hall–Kier alpha value is -2.67. The summed E-state index contributed by atoms with van der Waals surface area (Å²) in [5.41, 5.74) is 1.89. The van der Waals surface area contributed by atoms with Gasteiger partial charge in [-0.1, -0.05) is 6.07 Å². The van der Waals surface area contributed by atoms with Crippen LogP contribution in [0.2, 0.25) is 0 Å². The van der Waals surface area contributed by atoms with E-state index in [-0.39, 0.29) is 11.7 Å². The quantitative estimate of drug-likeness (QED) is 0.862. The first-order valence-electron chi connectivity index (χ1n) is 8.12. The Bertz CT molecular complexity index is 748. The van der Waals surface area contributed by atoms with Gasteiger partial charge in [-0.15, -0.1) is 0 Å². The van der Waals surface area contributed by atoms with Crippen LogP contribution in [-0.4, -0.2) is 46.7 Å². The largest absolute Gasteiger partial charge is 0.493 e. The zero-order valence-corrected chi connectivity index (χ0v) is 14.3. The van der Waals surface area contributed by atoms with Crippen molar-refractivity contribution in [2.24, 2.45) is 0 Å². The van der Waals surface area contributed by atoms with E-state index in [2.05, 4.69) is 20.9 Å². The number of methoxy groups -OCH3 is 2. The summed E-state index contributed by atoms with van der Waals surface area (Å²) in [5.74, 6) is 0.367. The number of likely N-dealkylation sites (tertiary alicyclic amines) is 1. The van der Waals surface area contributed by atoms with Gasteiger partial charge < -0.3 is 14.6 Å². The molecule has 1 fully saturated rings. The highest BCUT2D eigenvalue weighted by Crippen LogP contribution is 2.37. The van der Waals surface area contributed by atoms with E-state index in [9.17, 15) is 4.79 Å². The fourth-order valence-corrected chi connectivity index (χ4v) is 3.21. The van der Waals surface area contributed by atoms with Gasteiger partial charge in [-0.2, -0.15) is 0 Å². The third-order valence-corrected chi connectivity index (χ3v) is 4.45. The molecule has 7 heteroatoms. The minimum absolute atomic E-state index is 0.0402. The third kappa shape index (κ3) is 3.71. The van der Waals surface area contributed by atoms with E-state index in [1.165, 1.54) is 18.0 Å². The van der Waals surface area contributed by atoms with Crippen molar-refractivity contribution in [2.45, 2.75) is 25.4 Å². The summed E-state index contributed by atoms with van der Waals surface area (Å²) in [6.07, 6.45) is 4.99. The zero-order chi connectivity index (χ0) is 17.8. The van der Waals surface area contributed by atoms with Gasteiger partial charge in [-0.3, -0.25) is 9.88 Å². The van der Waals surface area contributed by atoms with Crippen molar-refractivity contribution in [3.63, 3.8) is 0 Å². The average molecular weight is 343 g/mol. The summed E-state index contributed by atoms with van der Waals surface area (Å²) in [5, 5.41) is 8.91. The van der Waals surface area contributed by atoms with Gasteiger partial charge in [0, 0.05) is 12.6 Å². The number of rotatable bonds is 6. The molecule has 1 atom stereocenters. The van der Waals surface area contributed by atoms with E-state index in [0.29, 0.717) is 12.3 Å². The average Bonchev–Trinajstić information content (AvgIpc) is 3.09. The van der Waals surface area contributed by atoms with Crippen molar-refractivity contribution in [3.8, 4) is 11.5 Å². The van der Waals surface area contributed by atoms with Crippen LogP contribution in [0.3, 0.4) is 0 Å². The maximum Gasteiger partial charge on any atom is 0.356 e. The molecule has 2 heterocycles. The second-order valence-electron chi connectivity index (χ2n) is 5.94. The highest BCUT2D eigenvalue weighted by atomic mass is 16.5. The molecule has 1 unspecified atom stereocenters. The molecular formula is C18H21N3O4. The van der Waals surface area contributed by atoms with Crippen LogP contribution in [0.1, 0.15) is 40.6 Å². The van der Waals surface area contributed by atoms with E-state index in [0.717, 1.165) is 30.8 Å². The van der Waals surface area contributed by atoms with Crippen molar-refractivity contribution >= 4 is 5.97 Å². The molecule has 0 bridgehead atoms. The first kappa shape index (κ1) is 17.2. The molecule has 3 rings (SSSR count). The number of aromatic carboxylic acids is 1. The molecule has 0 spiro atoms. The number of benzene rings is 1. The van der Waals surface area contributed by atoms with E-state index < -0.39 is 5.97 Å². The zero-order valence-electron chi connectivity index (χ0n) is 14.3. The molecule has 0 aliphatic carbocycles. The lowest BCUT2D eigenvalue weighted by molar-refractivity contribution is 0.0690. The standard InChI is InChI=1S/C18H21N3O4/c1-24-16-6-5-12(8-17(16)25-2)15-4-3-7-21(15)11-13-9-20-14(10-19-13)18(22)23/h5-6,8-10,15H,3-4,7,11H2,1-2H3,(H,22,23). The maximum absolute atomic E-state index is 10.9. The van der Waals surface area contributed by atoms with Gasteiger partial charge in [0.25, 0.3) is 0 Å². The molecule has 132 valence electrons. The van der Waals surface area contributed by atoms with Gasteiger partial charge >= 0.3 is 5.97 Å². The number of carboxylic acid groups (broad SMARTS) is 1. The molecule has 1 aliphatic rings. The van der Waals surface area contributed by atoms with Crippen LogP contribution in [0, 0.1) is 0 Å². The van der Waals surface area contributed by atoms with Crippen LogP contribution in [0.25, 0.3) is 0 Å². The summed E-state index contributed by atoms with van der Waals surface area (Å²) in [4.78, 5) is 21.4. The second kappa shape index (κ2) is 7.48. The van der Waals surface area contributed by atoms with E-state index in [1.54, 1.807) is 14.2 Å². The molecule has 25 heavy (non-hydrogen) atoms. The minimum atomic E-state index is -1.07. The number of hydrogen-bond acceptors (Lipinski definition) is 6. The number of carbonyl (C=O) groups is 1. The van der Waals surface area contributed by atoms with Crippen LogP contribution in [0.15, 0.2) is 30.6 Å². The van der Waals surface area contributed by atoms with Crippen molar-refractivity contribution in [3.05, 3.63) is 47.5 Å². The lowest BCUT2D eigenvalue weighted by atomic mass is 10.0. The molecule has 0 saturated carbocycles. The lowest BCUT2D eigenvalue weighted by Gasteiger charge is -2.25. The molecule has 1 aliphatic heterocycles. The van der Waals surface area contributed by atoms with E-state index in [4.69, 9.17) is 14.6 Å². The lowest BCUT2D eigenvalue weighted by Crippen LogP contribution is -2.23. The van der Waals surface area contributed by atoms with Crippen LogP contribution >= 0.6 is 0 Å². The SMILES string of the molecule is COc1ccc(C2CCCN2Cc2cnc(C(=O)O)cn2)cc1OC. The second-order valence-corrected chi connectivity index (χ2v) is 5.94. The smallest absolute Gasteiger partial charge is 0.356 e. The molecule has 0 radical (unpaired) electrons. The summed E-state index contributed by atoms with van der Waals surface area (Å²) >= 11 is 0. The van der Waals surface area contributed by atoms with Gasteiger partial charge in [-0.05, 0) is 37.1 Å². The van der Waals surface area contributed by atoms with Crippen LogP contribution in [0.4, 0.5) is 0 Å². The third-order valence-electron chi connectivity index (χ3n) is 4.45. The number of hydrogen-bond donors (Lipinski definition) is 1. The molecule has 2 aromatic rings. The van der Waals surface area contributed by atoms with Crippen molar-refractivity contribution in [1.29, 1.82) is 0 Å². The normalized spacial score (nSPS) is 17.4. The fraction of sp³-hybridized carbons (Fsp3) is 0.389. The van der Waals surface area contributed by atoms with Crippen LogP contribution in [0.5, 0.6) is 11.5 Å². The number of nitrogens with zero attached hydrogens (tertiary/aromatic N) is 3. The first-order valence-corrected chi connectivity index (χ1v) is 8.12. The fourth-order valence-electron chi connectivity index (χ4n) is 3.21. The topological polar surface area (TPSA) is 84.8 Å². The van der Waals surface area contributed by atoms with E-state index in [1.807, 2.05) is 12.1 Å². The van der Waals surface area contributed by atoms with Gasteiger partial charge in [0.15, 0.2) is 17.2 Å². The molecule has 1 saturated heterocycles. The van der Waals surface area contributed by atoms with Gasteiger partial charge in [-0.25, -0.2) is 9.78 Å². The van der Waals surface area contributed by atoms with Crippen molar-refractivity contribution < 1.29 is 19.4 Å². The summed E-state index contributed by atoms with van der Waals surface area (Å²) in [6.45, 7) is 1.59. The molecule has 7 nitrogen and oxygen atoms in total. The molecule has 0 amide bonds. The Labute approximate surface area is 146 Å². The molecule has 1 aromatic heterocycles. The Kier molecular flexibility index (Phi) is 5.14. The molecular weight excluding hydrogens is 322 g/mol. The van der Waals surface area contributed by atoms with Gasteiger partial charge in [0.05, 0.1) is 32.3 Å². The minimum Gasteiger partial charge on any atom is -0.493 e. The summed E-state index contributed by atoms with van der Waals surface area (Å²) in [6, 6.07) is 6.26. The monoisotopic (exact) mass is 343 g/mol. The highest BCUT2D eigenvalue weighted by Gasteiger charge is 2.27. The number of aromatic nitrogens is 2. The van der Waals surface area contributed by atoms with E-state index >= 15 is 0 Å².